The van der Waals surface area contributed by atoms with Gasteiger partial charge in [-0.15, -0.1) is 0 Å². The average Bonchev–Trinajstić information content (AvgIpc) is 2.59. The lowest BCUT2D eigenvalue weighted by Gasteiger charge is -2.10. The number of halogens is 1. The van der Waals surface area contributed by atoms with Crippen molar-refractivity contribution in [1.82, 2.24) is 10.9 Å². The Morgan fingerprint density at radius 2 is 1.48 bits per heavy atom. The lowest BCUT2D eigenvalue weighted by Crippen LogP contribution is -2.41. The molecule has 0 fully saturated rings. The number of anilines is 1. The molecule has 7 heteroatoms. The van der Waals surface area contributed by atoms with E-state index in [1.54, 1.807) is 56.3 Å². The van der Waals surface area contributed by atoms with Crippen molar-refractivity contribution in [2.24, 2.45) is 5.92 Å². The van der Waals surface area contributed by atoms with Gasteiger partial charge in [-0.05, 0) is 42.5 Å². The van der Waals surface area contributed by atoms with Crippen molar-refractivity contribution in [3.05, 3.63) is 64.7 Å². The molecule has 130 valence electrons. The van der Waals surface area contributed by atoms with E-state index >= 15 is 0 Å². The first-order valence-electron chi connectivity index (χ1n) is 7.64. The Hall–Kier alpha value is -2.86. The van der Waals surface area contributed by atoms with Crippen LogP contribution in [0.25, 0.3) is 0 Å². The number of hydrazine groups is 1. The largest absolute Gasteiger partial charge is 0.326 e. The number of amides is 3. The van der Waals surface area contributed by atoms with Crippen LogP contribution in [-0.4, -0.2) is 17.7 Å². The van der Waals surface area contributed by atoms with Crippen molar-refractivity contribution in [2.45, 2.75) is 13.8 Å². The van der Waals surface area contributed by atoms with Crippen LogP contribution in [0.4, 0.5) is 5.69 Å². The predicted octanol–water partition coefficient (Wildman–Crippen LogP) is 3.01. The molecule has 3 amide bonds. The smallest absolute Gasteiger partial charge is 0.269 e. The molecule has 0 saturated heterocycles. The molecule has 0 aromatic heterocycles. The molecule has 0 radical (unpaired) electrons. The van der Waals surface area contributed by atoms with Gasteiger partial charge in [-0.2, -0.15) is 0 Å². The van der Waals surface area contributed by atoms with E-state index in [9.17, 15) is 14.4 Å². The Bertz CT molecular complexity index is 788. The number of benzene rings is 2. The maximum Gasteiger partial charge on any atom is 0.269 e. The van der Waals surface area contributed by atoms with Gasteiger partial charge >= 0.3 is 0 Å². The van der Waals surface area contributed by atoms with Crippen LogP contribution in [0.2, 0.25) is 5.02 Å². The van der Waals surface area contributed by atoms with E-state index in [1.165, 1.54) is 6.07 Å². The quantitative estimate of drug-likeness (QED) is 0.733. The van der Waals surface area contributed by atoms with E-state index in [-0.39, 0.29) is 11.8 Å². The van der Waals surface area contributed by atoms with Gasteiger partial charge in [0.25, 0.3) is 11.8 Å². The van der Waals surface area contributed by atoms with E-state index in [2.05, 4.69) is 16.2 Å². The number of carbonyl (C=O) groups excluding carboxylic acids is 3. The summed E-state index contributed by atoms with van der Waals surface area (Å²) in [5, 5.41) is 3.16. The van der Waals surface area contributed by atoms with Crippen molar-refractivity contribution in [2.75, 3.05) is 5.32 Å². The summed E-state index contributed by atoms with van der Waals surface area (Å²) < 4.78 is 0. The lowest BCUT2D eigenvalue weighted by molar-refractivity contribution is -0.118. The Labute approximate surface area is 150 Å². The minimum Gasteiger partial charge on any atom is -0.326 e. The molecular formula is C18H18ClN3O3. The summed E-state index contributed by atoms with van der Waals surface area (Å²) in [6.07, 6.45) is 0. The second-order valence-electron chi connectivity index (χ2n) is 5.64. The summed E-state index contributed by atoms with van der Waals surface area (Å²) in [5.41, 5.74) is 5.92. The van der Waals surface area contributed by atoms with E-state index in [1.807, 2.05) is 0 Å². The van der Waals surface area contributed by atoms with E-state index in [0.29, 0.717) is 21.8 Å². The first-order valence-corrected chi connectivity index (χ1v) is 8.02. The molecule has 0 bridgehead atoms. The van der Waals surface area contributed by atoms with Crippen LogP contribution in [0, 0.1) is 5.92 Å². The summed E-state index contributed by atoms with van der Waals surface area (Å²) in [4.78, 5) is 35.6. The monoisotopic (exact) mass is 359 g/mol. The molecule has 2 aromatic rings. The van der Waals surface area contributed by atoms with Gasteiger partial charge in [0.2, 0.25) is 5.91 Å². The second kappa shape index (κ2) is 8.30. The van der Waals surface area contributed by atoms with Crippen molar-refractivity contribution >= 4 is 35.0 Å². The first-order chi connectivity index (χ1) is 11.9. The Morgan fingerprint density at radius 1 is 0.880 bits per heavy atom. The zero-order chi connectivity index (χ0) is 18.4. The van der Waals surface area contributed by atoms with Crippen LogP contribution in [0.3, 0.4) is 0 Å². The summed E-state index contributed by atoms with van der Waals surface area (Å²) in [6.45, 7) is 3.58. The molecular weight excluding hydrogens is 342 g/mol. The lowest BCUT2D eigenvalue weighted by atomic mass is 10.1. The molecule has 2 aromatic carbocycles. The van der Waals surface area contributed by atoms with E-state index < -0.39 is 11.8 Å². The van der Waals surface area contributed by atoms with Gasteiger partial charge in [-0.25, -0.2) is 0 Å². The van der Waals surface area contributed by atoms with Gasteiger partial charge in [0, 0.05) is 27.8 Å². The van der Waals surface area contributed by atoms with Crippen LogP contribution >= 0.6 is 11.6 Å². The third kappa shape index (κ3) is 5.32. The maximum atomic E-state index is 12.0. The molecule has 0 unspecified atom stereocenters. The van der Waals surface area contributed by atoms with Crippen LogP contribution in [0.5, 0.6) is 0 Å². The molecule has 0 spiro atoms. The number of nitrogens with one attached hydrogen (secondary N) is 3. The highest BCUT2D eigenvalue weighted by molar-refractivity contribution is 6.31. The minimum atomic E-state index is -0.475. The molecule has 0 aliphatic rings. The Balaban J connectivity index is 1.92. The normalized spacial score (nSPS) is 10.2. The van der Waals surface area contributed by atoms with Crippen molar-refractivity contribution in [3.63, 3.8) is 0 Å². The summed E-state index contributed by atoms with van der Waals surface area (Å²) in [7, 11) is 0. The fraction of sp³-hybridized carbons (Fsp3) is 0.167. The molecule has 6 nitrogen and oxygen atoms in total. The number of hydrogen-bond acceptors (Lipinski definition) is 3. The van der Waals surface area contributed by atoms with Gasteiger partial charge < -0.3 is 5.32 Å². The molecule has 2 rings (SSSR count). The van der Waals surface area contributed by atoms with Gasteiger partial charge in [-0.1, -0.05) is 31.5 Å². The van der Waals surface area contributed by atoms with Crippen molar-refractivity contribution in [1.29, 1.82) is 0 Å². The molecule has 0 saturated carbocycles. The zero-order valence-electron chi connectivity index (χ0n) is 13.8. The van der Waals surface area contributed by atoms with Crippen LogP contribution in [0.1, 0.15) is 34.6 Å². The standard InChI is InChI=1S/C18H18ClN3O3/c1-11(2)16(23)20-15-8-6-12(7-9-15)17(24)21-22-18(25)13-4-3-5-14(19)10-13/h3-11H,1-2H3,(H,20,23)(H,21,24)(H,22,25). The molecule has 0 atom stereocenters. The number of carbonyl (C=O) groups is 3. The zero-order valence-corrected chi connectivity index (χ0v) is 14.6. The third-order valence-electron chi connectivity index (χ3n) is 3.32. The minimum absolute atomic E-state index is 0.106. The van der Waals surface area contributed by atoms with Crippen LogP contribution in [-0.2, 0) is 4.79 Å². The van der Waals surface area contributed by atoms with Crippen LogP contribution in [0.15, 0.2) is 48.5 Å². The van der Waals surface area contributed by atoms with E-state index in [0.717, 1.165) is 0 Å². The van der Waals surface area contributed by atoms with E-state index in [4.69, 9.17) is 11.6 Å². The topological polar surface area (TPSA) is 87.3 Å². The molecule has 3 N–H and O–H groups in total. The maximum absolute atomic E-state index is 12.0. The van der Waals surface area contributed by atoms with Gasteiger partial charge in [0.05, 0.1) is 0 Å². The number of hydrogen-bond donors (Lipinski definition) is 3. The fourth-order valence-electron chi connectivity index (χ4n) is 1.88. The van der Waals surface area contributed by atoms with Gasteiger partial charge in [-0.3, -0.25) is 25.2 Å². The van der Waals surface area contributed by atoms with Crippen molar-refractivity contribution in [3.8, 4) is 0 Å². The highest BCUT2D eigenvalue weighted by Crippen LogP contribution is 2.12. The first kappa shape index (κ1) is 18.5. The van der Waals surface area contributed by atoms with Crippen LogP contribution < -0.4 is 16.2 Å². The van der Waals surface area contributed by atoms with Crippen molar-refractivity contribution < 1.29 is 14.4 Å². The Kier molecular flexibility index (Phi) is 6.14. The summed E-state index contributed by atoms with van der Waals surface area (Å²) >= 11 is 5.82. The molecule has 0 aliphatic heterocycles. The molecule has 25 heavy (non-hydrogen) atoms. The SMILES string of the molecule is CC(C)C(=O)Nc1ccc(C(=O)NNC(=O)c2cccc(Cl)c2)cc1. The third-order valence-corrected chi connectivity index (χ3v) is 3.55. The van der Waals surface area contributed by atoms with Gasteiger partial charge in [0.15, 0.2) is 0 Å². The molecule has 0 aliphatic carbocycles. The number of rotatable bonds is 4. The second-order valence-corrected chi connectivity index (χ2v) is 6.08. The average molecular weight is 360 g/mol. The summed E-state index contributed by atoms with van der Waals surface area (Å²) in [5.74, 6) is -1.19. The highest BCUT2D eigenvalue weighted by Gasteiger charge is 2.11. The fourth-order valence-corrected chi connectivity index (χ4v) is 2.07. The summed E-state index contributed by atoms with van der Waals surface area (Å²) in [6, 6.07) is 12.7. The highest BCUT2D eigenvalue weighted by atomic mass is 35.5. The van der Waals surface area contributed by atoms with Gasteiger partial charge in [0.1, 0.15) is 0 Å². The Morgan fingerprint density at radius 3 is 2.04 bits per heavy atom. The molecule has 0 heterocycles. The predicted molar refractivity (Wildman–Crippen MR) is 96.3 cm³/mol.